The fourth-order valence-corrected chi connectivity index (χ4v) is 16.3. The lowest BCUT2D eigenvalue weighted by atomic mass is 9.63. The Morgan fingerprint density at radius 2 is 1.45 bits per heavy atom. The predicted molar refractivity (Wildman–Crippen MR) is 159 cm³/mol. The van der Waals surface area contributed by atoms with E-state index in [1.165, 1.54) is 36.1 Å². The maximum Gasteiger partial charge on any atom is 0.243 e. The Morgan fingerprint density at radius 3 is 1.92 bits per heavy atom. The van der Waals surface area contributed by atoms with E-state index in [2.05, 4.69) is 81.4 Å². The zero-order chi connectivity index (χ0) is 26.8. The quantitative estimate of drug-likeness (QED) is 0.345. The van der Waals surface area contributed by atoms with Gasteiger partial charge in [0.05, 0.1) is 4.90 Å². The van der Waals surface area contributed by atoms with Gasteiger partial charge in [-0.3, -0.25) is 0 Å². The SMILES string of the molecule is Cc1ccc(S(=O)(=O)N2C[C@@]3(C[C@@H]4CC[C@H]3C4)[C@@H]2C[Si](c2ccccc2)(c2ccccc2)C(C)(C)C)cc1. The van der Waals surface area contributed by atoms with Crippen molar-refractivity contribution in [2.24, 2.45) is 17.3 Å². The number of benzene rings is 3. The number of sulfonamides is 1. The van der Waals surface area contributed by atoms with E-state index in [9.17, 15) is 8.42 Å². The van der Waals surface area contributed by atoms with Crippen LogP contribution in [0.2, 0.25) is 11.1 Å². The monoisotopic (exact) mass is 543 g/mol. The van der Waals surface area contributed by atoms with Gasteiger partial charge in [0.15, 0.2) is 0 Å². The number of fused-ring (bicyclic) bond motifs is 3. The third-order valence-electron chi connectivity index (χ3n) is 10.4. The Morgan fingerprint density at radius 1 is 0.868 bits per heavy atom. The van der Waals surface area contributed by atoms with Crippen molar-refractivity contribution in [2.75, 3.05) is 6.54 Å². The average molecular weight is 544 g/mol. The Kier molecular flexibility index (Phi) is 6.29. The van der Waals surface area contributed by atoms with Crippen LogP contribution in [0.4, 0.5) is 0 Å². The van der Waals surface area contributed by atoms with Gasteiger partial charge in [0.2, 0.25) is 10.0 Å². The summed E-state index contributed by atoms with van der Waals surface area (Å²) in [5.74, 6) is 1.42. The third kappa shape index (κ3) is 3.88. The van der Waals surface area contributed by atoms with E-state index in [-0.39, 0.29) is 16.5 Å². The molecule has 0 N–H and O–H groups in total. The summed E-state index contributed by atoms with van der Waals surface area (Å²) < 4.78 is 30.4. The van der Waals surface area contributed by atoms with Gasteiger partial charge in [-0.05, 0) is 61.2 Å². The predicted octanol–water partition coefficient (Wildman–Crippen LogP) is 6.24. The molecule has 5 heteroatoms. The molecule has 200 valence electrons. The number of hydrogen-bond donors (Lipinski definition) is 0. The van der Waals surface area contributed by atoms with Crippen LogP contribution in [-0.2, 0) is 10.0 Å². The molecule has 3 aliphatic rings. The van der Waals surface area contributed by atoms with Crippen molar-refractivity contribution >= 4 is 28.5 Å². The van der Waals surface area contributed by atoms with Crippen molar-refractivity contribution < 1.29 is 8.42 Å². The van der Waals surface area contributed by atoms with Gasteiger partial charge >= 0.3 is 0 Å². The minimum atomic E-state index is -3.58. The topological polar surface area (TPSA) is 37.4 Å². The molecule has 0 unspecified atom stereocenters. The lowest BCUT2D eigenvalue weighted by Gasteiger charge is -2.62. The Hall–Kier alpha value is -2.21. The summed E-state index contributed by atoms with van der Waals surface area (Å²) in [7, 11) is -6.01. The number of rotatable bonds is 6. The van der Waals surface area contributed by atoms with Crippen LogP contribution in [0, 0.1) is 24.2 Å². The number of nitrogens with zero attached hydrogens (tertiary/aromatic N) is 1. The smallest absolute Gasteiger partial charge is 0.207 e. The molecule has 6 rings (SSSR count). The van der Waals surface area contributed by atoms with Crippen LogP contribution in [0.3, 0.4) is 0 Å². The summed E-state index contributed by atoms with van der Waals surface area (Å²) in [5.41, 5.74) is 1.20. The molecule has 2 bridgehead atoms. The second-order valence-electron chi connectivity index (χ2n) is 13.3. The van der Waals surface area contributed by atoms with Gasteiger partial charge in [0.1, 0.15) is 8.07 Å². The molecule has 0 amide bonds. The molecule has 1 spiro atoms. The Bertz CT molecular complexity index is 1360. The first-order valence-electron chi connectivity index (χ1n) is 14.3. The normalized spacial score (nSPS) is 27.5. The first-order chi connectivity index (χ1) is 18.1. The lowest BCUT2D eigenvalue weighted by molar-refractivity contribution is -0.0475. The minimum Gasteiger partial charge on any atom is -0.207 e. The average Bonchev–Trinajstić information content (AvgIpc) is 3.51. The molecule has 0 aromatic heterocycles. The van der Waals surface area contributed by atoms with Crippen molar-refractivity contribution in [1.29, 1.82) is 0 Å². The van der Waals surface area contributed by atoms with E-state index in [4.69, 9.17) is 0 Å². The molecule has 3 nitrogen and oxygen atoms in total. The zero-order valence-electron chi connectivity index (χ0n) is 23.2. The highest BCUT2D eigenvalue weighted by Gasteiger charge is 2.67. The summed E-state index contributed by atoms with van der Waals surface area (Å²) in [6.45, 7) is 9.88. The van der Waals surface area contributed by atoms with Crippen LogP contribution in [0.15, 0.2) is 89.8 Å². The first kappa shape index (κ1) is 26.0. The van der Waals surface area contributed by atoms with Crippen LogP contribution in [-0.4, -0.2) is 33.4 Å². The van der Waals surface area contributed by atoms with Gasteiger partial charge in [-0.2, -0.15) is 4.31 Å². The highest BCUT2D eigenvalue weighted by molar-refractivity contribution is 7.89. The summed E-state index contributed by atoms with van der Waals surface area (Å²) >= 11 is 0. The summed E-state index contributed by atoms with van der Waals surface area (Å²) in [6.07, 6.45) is 5.07. The Balaban J connectivity index is 1.51. The van der Waals surface area contributed by atoms with Crippen LogP contribution in [0.25, 0.3) is 0 Å². The number of hydrogen-bond acceptors (Lipinski definition) is 2. The molecule has 4 atom stereocenters. The van der Waals surface area contributed by atoms with E-state index in [0.29, 0.717) is 17.4 Å². The van der Waals surface area contributed by atoms with E-state index in [1.807, 2.05) is 23.4 Å². The van der Waals surface area contributed by atoms with Crippen molar-refractivity contribution in [1.82, 2.24) is 4.31 Å². The minimum absolute atomic E-state index is 0.00337. The maximum atomic E-state index is 14.2. The molecule has 3 fully saturated rings. The Labute approximate surface area is 230 Å². The second-order valence-corrected chi connectivity index (χ2v) is 20.0. The largest absolute Gasteiger partial charge is 0.243 e. The summed E-state index contributed by atoms with van der Waals surface area (Å²) in [5, 5.41) is 2.83. The molecular weight excluding hydrogens is 503 g/mol. The van der Waals surface area contributed by atoms with Crippen LogP contribution >= 0.6 is 0 Å². The standard InChI is InChI=1S/C33H41NO2SSi/c1-25-15-19-28(20-16-25)37(35,36)34-24-33(22-26-17-18-27(33)21-26)31(34)23-38(32(2,3)4,29-11-7-5-8-12-29)30-13-9-6-10-14-30/h5-16,19-20,26-27,31H,17-18,21-24H2,1-4H3/t26-,27+,31+,33-/m1/s1. The fraction of sp³-hybridized carbons (Fsp3) is 0.455. The first-order valence-corrected chi connectivity index (χ1v) is 17.9. The molecule has 1 saturated heterocycles. The molecule has 2 aliphatic carbocycles. The van der Waals surface area contributed by atoms with Gasteiger partial charge in [-0.15, -0.1) is 0 Å². The lowest BCUT2D eigenvalue weighted by Crippen LogP contribution is -2.74. The summed E-state index contributed by atoms with van der Waals surface area (Å²) in [4.78, 5) is 0.438. The second kappa shape index (κ2) is 9.18. The summed E-state index contributed by atoms with van der Waals surface area (Å²) in [6, 6.07) is 30.6. The van der Waals surface area contributed by atoms with Gasteiger partial charge in [0.25, 0.3) is 0 Å². The van der Waals surface area contributed by atoms with E-state index < -0.39 is 18.1 Å². The van der Waals surface area contributed by atoms with Gasteiger partial charge < -0.3 is 0 Å². The molecule has 38 heavy (non-hydrogen) atoms. The highest BCUT2D eigenvalue weighted by Crippen LogP contribution is 2.65. The van der Waals surface area contributed by atoms with Crippen molar-refractivity contribution in [3.63, 3.8) is 0 Å². The van der Waals surface area contributed by atoms with Crippen molar-refractivity contribution in [2.45, 2.75) is 75.4 Å². The van der Waals surface area contributed by atoms with Crippen LogP contribution in [0.1, 0.15) is 52.0 Å². The van der Waals surface area contributed by atoms with Crippen molar-refractivity contribution in [3.05, 3.63) is 90.5 Å². The van der Waals surface area contributed by atoms with E-state index in [0.717, 1.165) is 17.5 Å². The molecule has 3 aromatic rings. The van der Waals surface area contributed by atoms with Crippen LogP contribution in [0.5, 0.6) is 0 Å². The van der Waals surface area contributed by atoms with Gasteiger partial charge in [0, 0.05) is 18.0 Å². The molecule has 0 radical (unpaired) electrons. The maximum absolute atomic E-state index is 14.2. The molecule has 2 saturated carbocycles. The van der Waals surface area contributed by atoms with Gasteiger partial charge in [-0.1, -0.05) is 116 Å². The van der Waals surface area contributed by atoms with Gasteiger partial charge in [-0.25, -0.2) is 8.42 Å². The van der Waals surface area contributed by atoms with E-state index in [1.54, 1.807) is 12.1 Å². The molecule has 3 aromatic carbocycles. The molecule has 1 heterocycles. The molecule has 1 aliphatic heterocycles. The van der Waals surface area contributed by atoms with Crippen molar-refractivity contribution in [3.8, 4) is 0 Å². The zero-order valence-corrected chi connectivity index (χ0v) is 25.0. The number of aryl methyl sites for hydroxylation is 1. The van der Waals surface area contributed by atoms with Crippen LogP contribution < -0.4 is 10.4 Å². The van der Waals surface area contributed by atoms with E-state index >= 15 is 0 Å². The molecular formula is C33H41NO2SSi. The fourth-order valence-electron chi connectivity index (χ4n) is 8.48. The highest BCUT2D eigenvalue weighted by atomic mass is 32.2. The third-order valence-corrected chi connectivity index (χ3v) is 18.5.